The zero-order valence-corrected chi connectivity index (χ0v) is 15.8. The van der Waals surface area contributed by atoms with Crippen LogP contribution in [-0.4, -0.2) is 22.8 Å². The van der Waals surface area contributed by atoms with Crippen molar-refractivity contribution in [1.29, 1.82) is 0 Å². The minimum atomic E-state index is -0.528. The lowest BCUT2D eigenvalue weighted by molar-refractivity contribution is -0.126. The first-order chi connectivity index (χ1) is 12.6. The van der Waals surface area contributed by atoms with Crippen LogP contribution in [0.5, 0.6) is 0 Å². The lowest BCUT2D eigenvalue weighted by Crippen LogP contribution is -2.44. The molecule has 1 saturated carbocycles. The summed E-state index contributed by atoms with van der Waals surface area (Å²) < 4.78 is 0. The molecule has 1 N–H and O–H groups in total. The summed E-state index contributed by atoms with van der Waals surface area (Å²) in [6.07, 6.45) is 4.37. The molecule has 0 spiro atoms. The van der Waals surface area contributed by atoms with Crippen LogP contribution < -0.4 is 5.32 Å². The van der Waals surface area contributed by atoms with Gasteiger partial charge in [0, 0.05) is 16.5 Å². The number of nitrogens with one attached hydrogen (secondary N) is 1. The number of carbonyl (C=O) groups excluding carboxylic acids is 2. The number of amides is 2. The van der Waals surface area contributed by atoms with Crippen molar-refractivity contribution in [3.05, 3.63) is 57.8 Å². The van der Waals surface area contributed by atoms with Gasteiger partial charge < -0.3 is 10.2 Å². The van der Waals surface area contributed by atoms with E-state index >= 15 is 0 Å². The Balaban J connectivity index is 1.57. The van der Waals surface area contributed by atoms with E-state index in [1.54, 1.807) is 16.2 Å². The Labute approximate surface area is 158 Å². The van der Waals surface area contributed by atoms with E-state index in [0.29, 0.717) is 12.1 Å². The largest absolute Gasteiger partial charge is 0.351 e. The van der Waals surface area contributed by atoms with Crippen LogP contribution >= 0.6 is 11.3 Å². The third-order valence-electron chi connectivity index (χ3n) is 5.58. The van der Waals surface area contributed by atoms with E-state index in [1.807, 2.05) is 41.8 Å². The normalized spacial score (nSPS) is 25.2. The number of hydrogen-bond donors (Lipinski definition) is 1. The van der Waals surface area contributed by atoms with Gasteiger partial charge in [0.05, 0.1) is 6.54 Å². The Morgan fingerprint density at radius 1 is 1.15 bits per heavy atom. The number of nitrogens with zero attached hydrogens (tertiary/aromatic N) is 1. The van der Waals surface area contributed by atoms with Crippen LogP contribution in [0.2, 0.25) is 0 Å². The Morgan fingerprint density at radius 3 is 2.65 bits per heavy atom. The molecule has 136 valence electrons. The molecule has 2 aromatic rings. The molecule has 5 heteroatoms. The molecule has 1 atom stereocenters. The molecule has 26 heavy (non-hydrogen) atoms. The van der Waals surface area contributed by atoms with Gasteiger partial charge in [0.25, 0.3) is 5.91 Å². The van der Waals surface area contributed by atoms with Crippen LogP contribution in [0.25, 0.3) is 0 Å². The predicted octanol–water partition coefficient (Wildman–Crippen LogP) is 4.14. The highest BCUT2D eigenvalue weighted by atomic mass is 32.1. The lowest BCUT2D eigenvalue weighted by atomic mass is 9.87. The maximum atomic E-state index is 13.1. The Hall–Kier alpha value is -2.14. The molecule has 1 fully saturated rings. The third-order valence-corrected chi connectivity index (χ3v) is 6.44. The van der Waals surface area contributed by atoms with Gasteiger partial charge in [0.2, 0.25) is 5.91 Å². The second kappa shape index (κ2) is 7.23. The predicted molar refractivity (Wildman–Crippen MR) is 103 cm³/mol. The summed E-state index contributed by atoms with van der Waals surface area (Å²) in [5.41, 5.74) is 1.48. The molecule has 0 bridgehead atoms. The molecule has 4 nitrogen and oxygen atoms in total. The fourth-order valence-corrected chi connectivity index (χ4v) is 4.77. The SMILES string of the molecule is CC1CCC(NC(=O)[C@@H]2c3ccccc3C(=O)N2Cc2cccs2)CC1. The topological polar surface area (TPSA) is 49.4 Å². The van der Waals surface area contributed by atoms with E-state index in [9.17, 15) is 9.59 Å². The summed E-state index contributed by atoms with van der Waals surface area (Å²) >= 11 is 1.61. The molecule has 1 aromatic carbocycles. The number of hydrogen-bond acceptors (Lipinski definition) is 3. The van der Waals surface area contributed by atoms with Gasteiger partial charge in [0.1, 0.15) is 6.04 Å². The summed E-state index contributed by atoms with van der Waals surface area (Å²) in [4.78, 5) is 28.9. The maximum Gasteiger partial charge on any atom is 0.255 e. The molecule has 4 rings (SSSR count). The second-order valence-electron chi connectivity index (χ2n) is 7.47. The molecule has 0 saturated heterocycles. The fourth-order valence-electron chi connectivity index (χ4n) is 4.07. The van der Waals surface area contributed by atoms with Crippen LogP contribution in [-0.2, 0) is 11.3 Å². The molecule has 0 radical (unpaired) electrons. The van der Waals surface area contributed by atoms with Crippen molar-refractivity contribution in [2.45, 2.75) is 51.2 Å². The van der Waals surface area contributed by atoms with Crippen molar-refractivity contribution in [2.75, 3.05) is 0 Å². The molecular formula is C21H24N2O2S. The monoisotopic (exact) mass is 368 g/mol. The quantitative estimate of drug-likeness (QED) is 0.882. The second-order valence-corrected chi connectivity index (χ2v) is 8.50. The molecular weight excluding hydrogens is 344 g/mol. The lowest BCUT2D eigenvalue weighted by Gasteiger charge is -2.30. The van der Waals surface area contributed by atoms with Gasteiger partial charge in [-0.2, -0.15) is 0 Å². The highest BCUT2D eigenvalue weighted by Crippen LogP contribution is 2.36. The first-order valence-electron chi connectivity index (χ1n) is 9.36. The van der Waals surface area contributed by atoms with Crippen molar-refractivity contribution in [2.24, 2.45) is 5.92 Å². The van der Waals surface area contributed by atoms with Gasteiger partial charge in [-0.25, -0.2) is 0 Å². The van der Waals surface area contributed by atoms with E-state index in [1.165, 1.54) is 0 Å². The molecule has 0 unspecified atom stereocenters. The fraction of sp³-hybridized carbons (Fsp3) is 0.429. The minimum absolute atomic E-state index is 0.0422. The standard InChI is InChI=1S/C21H24N2O2S/c1-14-8-10-15(11-9-14)22-20(24)19-17-6-2-3-7-18(17)21(25)23(19)13-16-5-4-12-26-16/h2-7,12,14-15,19H,8-11,13H2,1H3,(H,22,24)/t14?,15?,19-/m0/s1. The zero-order valence-electron chi connectivity index (χ0n) is 15.0. The van der Waals surface area contributed by atoms with Crippen LogP contribution in [0, 0.1) is 5.92 Å². The zero-order chi connectivity index (χ0) is 18.1. The summed E-state index contributed by atoms with van der Waals surface area (Å²) in [6.45, 7) is 2.75. The number of thiophene rings is 1. The van der Waals surface area contributed by atoms with Crippen LogP contribution in [0.4, 0.5) is 0 Å². The molecule has 1 aliphatic carbocycles. The Morgan fingerprint density at radius 2 is 1.92 bits per heavy atom. The van der Waals surface area contributed by atoms with E-state index in [2.05, 4.69) is 12.2 Å². The van der Waals surface area contributed by atoms with Gasteiger partial charge in [-0.15, -0.1) is 11.3 Å². The van der Waals surface area contributed by atoms with Crippen molar-refractivity contribution in [3.63, 3.8) is 0 Å². The average molecular weight is 369 g/mol. The minimum Gasteiger partial charge on any atom is -0.351 e. The first kappa shape index (κ1) is 17.3. The number of rotatable bonds is 4. The average Bonchev–Trinajstić information content (AvgIpc) is 3.25. The van der Waals surface area contributed by atoms with Crippen LogP contribution in [0.3, 0.4) is 0 Å². The highest BCUT2D eigenvalue weighted by molar-refractivity contribution is 7.09. The third kappa shape index (κ3) is 3.28. The van der Waals surface area contributed by atoms with Crippen molar-refractivity contribution in [1.82, 2.24) is 10.2 Å². The number of fused-ring (bicyclic) bond motifs is 1. The van der Waals surface area contributed by atoms with Crippen molar-refractivity contribution >= 4 is 23.2 Å². The van der Waals surface area contributed by atoms with Gasteiger partial charge in [-0.1, -0.05) is 31.2 Å². The molecule has 1 aromatic heterocycles. The smallest absolute Gasteiger partial charge is 0.255 e. The summed E-state index contributed by atoms with van der Waals surface area (Å²) in [6, 6.07) is 11.2. The highest BCUT2D eigenvalue weighted by Gasteiger charge is 2.41. The molecule has 2 heterocycles. The van der Waals surface area contributed by atoms with Gasteiger partial charge in [-0.05, 0) is 54.7 Å². The maximum absolute atomic E-state index is 13.1. The number of carbonyl (C=O) groups is 2. The van der Waals surface area contributed by atoms with Gasteiger partial charge in [0.15, 0.2) is 0 Å². The Kier molecular flexibility index (Phi) is 4.81. The van der Waals surface area contributed by atoms with Crippen molar-refractivity contribution in [3.8, 4) is 0 Å². The van der Waals surface area contributed by atoms with Gasteiger partial charge in [-0.3, -0.25) is 9.59 Å². The van der Waals surface area contributed by atoms with Crippen LogP contribution in [0.1, 0.15) is 59.4 Å². The Bertz CT molecular complexity index is 794. The molecule has 1 aliphatic heterocycles. The van der Waals surface area contributed by atoms with Crippen LogP contribution in [0.15, 0.2) is 41.8 Å². The van der Waals surface area contributed by atoms with Crippen molar-refractivity contribution < 1.29 is 9.59 Å². The van der Waals surface area contributed by atoms with E-state index in [-0.39, 0.29) is 17.9 Å². The summed E-state index contributed by atoms with van der Waals surface area (Å²) in [5.74, 6) is 0.651. The van der Waals surface area contributed by atoms with Gasteiger partial charge >= 0.3 is 0 Å². The van der Waals surface area contributed by atoms with E-state index in [4.69, 9.17) is 0 Å². The first-order valence-corrected chi connectivity index (χ1v) is 10.2. The number of benzene rings is 1. The summed E-state index contributed by atoms with van der Waals surface area (Å²) in [7, 11) is 0. The summed E-state index contributed by atoms with van der Waals surface area (Å²) in [5, 5.41) is 5.22. The van der Waals surface area contributed by atoms with E-state index < -0.39 is 6.04 Å². The molecule has 2 amide bonds. The van der Waals surface area contributed by atoms with E-state index in [0.717, 1.165) is 42.0 Å². The molecule has 2 aliphatic rings.